The molecule has 2 aromatic rings. The van der Waals surface area contributed by atoms with Gasteiger partial charge in [-0.15, -0.1) is 0 Å². The standard InChI is InChI=1S/C14H14BrNO4S/c1-20-12-5-3-11(4-6-12)16-21(18,19)14-7-2-10(9-17)8-13(14)15/h2-8,16-17H,9H2,1H3. The highest BCUT2D eigenvalue weighted by atomic mass is 79.9. The molecule has 0 aliphatic carbocycles. The van der Waals surface area contributed by atoms with E-state index < -0.39 is 10.0 Å². The van der Waals surface area contributed by atoms with Crippen LogP contribution in [-0.4, -0.2) is 20.6 Å². The first-order chi connectivity index (χ1) is 9.96. The van der Waals surface area contributed by atoms with E-state index in [2.05, 4.69) is 20.7 Å². The van der Waals surface area contributed by atoms with E-state index in [9.17, 15) is 8.42 Å². The Labute approximate surface area is 131 Å². The fraction of sp³-hybridized carbons (Fsp3) is 0.143. The molecule has 7 heteroatoms. The molecule has 0 unspecified atom stereocenters. The second kappa shape index (κ2) is 6.46. The fourth-order valence-electron chi connectivity index (χ4n) is 1.73. The third-order valence-electron chi connectivity index (χ3n) is 2.81. The van der Waals surface area contributed by atoms with Crippen LogP contribution in [0.5, 0.6) is 5.75 Å². The van der Waals surface area contributed by atoms with Crippen LogP contribution in [0.15, 0.2) is 51.8 Å². The van der Waals surface area contributed by atoms with Gasteiger partial charge in [0.25, 0.3) is 10.0 Å². The van der Waals surface area contributed by atoms with Crippen molar-refractivity contribution in [1.82, 2.24) is 0 Å². The van der Waals surface area contributed by atoms with Crippen LogP contribution in [0.3, 0.4) is 0 Å². The Bertz CT molecular complexity index is 729. The van der Waals surface area contributed by atoms with E-state index >= 15 is 0 Å². The summed E-state index contributed by atoms with van der Waals surface area (Å²) >= 11 is 3.21. The van der Waals surface area contributed by atoms with Gasteiger partial charge in [0.05, 0.1) is 13.7 Å². The second-order valence-electron chi connectivity index (χ2n) is 4.26. The van der Waals surface area contributed by atoms with Crippen LogP contribution in [0.4, 0.5) is 5.69 Å². The van der Waals surface area contributed by atoms with Gasteiger partial charge in [-0.25, -0.2) is 8.42 Å². The summed E-state index contributed by atoms with van der Waals surface area (Å²) in [5.74, 6) is 0.645. The van der Waals surface area contributed by atoms with Gasteiger partial charge >= 0.3 is 0 Å². The molecule has 0 aliphatic heterocycles. The predicted octanol–water partition coefficient (Wildman–Crippen LogP) is 2.75. The van der Waals surface area contributed by atoms with Gasteiger partial charge in [-0.1, -0.05) is 6.07 Å². The number of benzene rings is 2. The number of hydrogen-bond acceptors (Lipinski definition) is 4. The molecule has 0 saturated carbocycles. The average Bonchev–Trinajstić information content (AvgIpc) is 2.47. The van der Waals surface area contributed by atoms with Crippen molar-refractivity contribution in [3.05, 3.63) is 52.5 Å². The molecule has 0 spiro atoms. The van der Waals surface area contributed by atoms with Gasteiger partial charge in [0.1, 0.15) is 10.6 Å². The maximum absolute atomic E-state index is 12.3. The zero-order valence-electron chi connectivity index (χ0n) is 11.2. The van der Waals surface area contributed by atoms with E-state index in [-0.39, 0.29) is 11.5 Å². The first-order valence-corrected chi connectivity index (χ1v) is 8.30. The third kappa shape index (κ3) is 3.75. The zero-order valence-corrected chi connectivity index (χ0v) is 13.6. The van der Waals surface area contributed by atoms with Crippen molar-refractivity contribution in [3.63, 3.8) is 0 Å². The van der Waals surface area contributed by atoms with E-state index in [0.29, 0.717) is 21.5 Å². The maximum Gasteiger partial charge on any atom is 0.263 e. The molecule has 2 rings (SSSR count). The van der Waals surface area contributed by atoms with E-state index in [0.717, 1.165) is 0 Å². The van der Waals surface area contributed by atoms with Crippen LogP contribution in [0, 0.1) is 0 Å². The molecule has 0 amide bonds. The van der Waals surface area contributed by atoms with Crippen molar-refractivity contribution >= 4 is 31.6 Å². The number of anilines is 1. The van der Waals surface area contributed by atoms with E-state index in [1.165, 1.54) is 6.07 Å². The highest BCUT2D eigenvalue weighted by Crippen LogP contribution is 2.26. The van der Waals surface area contributed by atoms with Crippen molar-refractivity contribution in [2.24, 2.45) is 0 Å². The van der Waals surface area contributed by atoms with Gasteiger partial charge in [0.2, 0.25) is 0 Å². The quantitative estimate of drug-likeness (QED) is 0.846. The lowest BCUT2D eigenvalue weighted by atomic mass is 10.2. The number of halogens is 1. The number of aliphatic hydroxyl groups is 1. The van der Waals surface area contributed by atoms with Crippen molar-refractivity contribution < 1.29 is 18.3 Å². The Morgan fingerprint density at radius 1 is 1.19 bits per heavy atom. The van der Waals surface area contributed by atoms with Crippen molar-refractivity contribution in [1.29, 1.82) is 0 Å². The van der Waals surface area contributed by atoms with Crippen LogP contribution in [0.25, 0.3) is 0 Å². The van der Waals surface area contributed by atoms with Gasteiger partial charge in [0.15, 0.2) is 0 Å². The summed E-state index contributed by atoms with van der Waals surface area (Å²) in [6, 6.07) is 11.2. The monoisotopic (exact) mass is 371 g/mol. The molecule has 0 bridgehead atoms. The number of aliphatic hydroxyl groups excluding tert-OH is 1. The summed E-state index contributed by atoms with van der Waals surface area (Å²) in [5.41, 5.74) is 1.07. The van der Waals surface area contributed by atoms with Crippen LogP contribution in [0.1, 0.15) is 5.56 Å². The minimum atomic E-state index is -3.71. The van der Waals surface area contributed by atoms with Crippen molar-refractivity contribution in [3.8, 4) is 5.75 Å². The lowest BCUT2D eigenvalue weighted by Gasteiger charge is -2.11. The topological polar surface area (TPSA) is 75.6 Å². The van der Waals surface area contributed by atoms with E-state index in [1.54, 1.807) is 43.5 Å². The Kier molecular flexibility index (Phi) is 4.87. The highest BCUT2D eigenvalue weighted by molar-refractivity contribution is 9.10. The molecule has 5 nitrogen and oxygen atoms in total. The predicted molar refractivity (Wildman–Crippen MR) is 83.9 cm³/mol. The van der Waals surface area contributed by atoms with Gasteiger partial charge in [-0.3, -0.25) is 4.72 Å². The highest BCUT2D eigenvalue weighted by Gasteiger charge is 2.18. The van der Waals surface area contributed by atoms with Gasteiger partial charge in [-0.05, 0) is 57.9 Å². The number of methoxy groups -OCH3 is 1. The van der Waals surface area contributed by atoms with Crippen LogP contribution < -0.4 is 9.46 Å². The second-order valence-corrected chi connectivity index (χ2v) is 6.76. The number of ether oxygens (including phenoxy) is 1. The number of rotatable bonds is 5. The Balaban J connectivity index is 2.29. The summed E-state index contributed by atoms with van der Waals surface area (Å²) in [7, 11) is -2.17. The molecular formula is C14H14BrNO4S. The minimum Gasteiger partial charge on any atom is -0.497 e. The minimum absolute atomic E-state index is 0.107. The lowest BCUT2D eigenvalue weighted by molar-refractivity contribution is 0.281. The summed E-state index contributed by atoms with van der Waals surface area (Å²) < 4.78 is 32.6. The molecule has 2 aromatic carbocycles. The largest absolute Gasteiger partial charge is 0.497 e. The summed E-state index contributed by atoms with van der Waals surface area (Å²) in [4.78, 5) is 0.107. The molecule has 112 valence electrons. The zero-order chi connectivity index (χ0) is 15.5. The molecular weight excluding hydrogens is 358 g/mol. The normalized spacial score (nSPS) is 11.2. The molecule has 0 radical (unpaired) electrons. The van der Waals surface area contributed by atoms with E-state index in [1.807, 2.05) is 0 Å². The van der Waals surface area contributed by atoms with Crippen LogP contribution in [0.2, 0.25) is 0 Å². The molecule has 0 aromatic heterocycles. The number of sulfonamides is 1. The smallest absolute Gasteiger partial charge is 0.263 e. The maximum atomic E-state index is 12.3. The Morgan fingerprint density at radius 2 is 1.86 bits per heavy atom. The lowest BCUT2D eigenvalue weighted by Crippen LogP contribution is -2.13. The summed E-state index contributed by atoms with van der Waals surface area (Å²) in [6.45, 7) is -0.148. The molecule has 0 fully saturated rings. The first-order valence-electron chi connectivity index (χ1n) is 6.02. The molecule has 0 heterocycles. The Hall–Kier alpha value is -1.57. The van der Waals surface area contributed by atoms with Gasteiger partial charge < -0.3 is 9.84 Å². The first kappa shape index (κ1) is 15.8. The van der Waals surface area contributed by atoms with Crippen molar-refractivity contribution in [2.45, 2.75) is 11.5 Å². The van der Waals surface area contributed by atoms with Crippen LogP contribution >= 0.6 is 15.9 Å². The average molecular weight is 372 g/mol. The number of hydrogen-bond donors (Lipinski definition) is 2. The molecule has 0 saturated heterocycles. The molecule has 0 aliphatic rings. The van der Waals surface area contributed by atoms with Crippen LogP contribution in [-0.2, 0) is 16.6 Å². The molecule has 21 heavy (non-hydrogen) atoms. The number of nitrogens with one attached hydrogen (secondary N) is 1. The fourth-order valence-corrected chi connectivity index (χ4v) is 3.91. The van der Waals surface area contributed by atoms with Gasteiger partial charge in [0, 0.05) is 10.2 Å². The molecule has 0 atom stereocenters. The van der Waals surface area contributed by atoms with Gasteiger partial charge in [-0.2, -0.15) is 0 Å². The third-order valence-corrected chi connectivity index (χ3v) is 5.17. The summed E-state index contributed by atoms with van der Waals surface area (Å²) in [5, 5.41) is 9.04. The SMILES string of the molecule is COc1ccc(NS(=O)(=O)c2ccc(CO)cc2Br)cc1. The Morgan fingerprint density at radius 3 is 2.38 bits per heavy atom. The van der Waals surface area contributed by atoms with Crippen molar-refractivity contribution in [2.75, 3.05) is 11.8 Å². The summed E-state index contributed by atoms with van der Waals surface area (Å²) in [6.07, 6.45) is 0. The van der Waals surface area contributed by atoms with E-state index in [4.69, 9.17) is 9.84 Å². The molecule has 2 N–H and O–H groups in total.